The van der Waals surface area contributed by atoms with Gasteiger partial charge in [-0.25, -0.2) is 0 Å². The predicted molar refractivity (Wildman–Crippen MR) is 79.2 cm³/mol. The molecule has 1 aliphatic rings. The number of fused-ring (bicyclic) bond motifs is 1. The zero-order valence-electron chi connectivity index (χ0n) is 11.8. The van der Waals surface area contributed by atoms with Crippen LogP contribution in [0, 0.1) is 0 Å². The highest BCUT2D eigenvalue weighted by atomic mass is 16.5. The molecule has 5 nitrogen and oxygen atoms in total. The van der Waals surface area contributed by atoms with Crippen molar-refractivity contribution < 1.29 is 23.8 Å². The number of para-hydroxylation sites is 1. The summed E-state index contributed by atoms with van der Waals surface area (Å²) in [7, 11) is 0. The molecule has 0 aliphatic carbocycles. The van der Waals surface area contributed by atoms with Crippen molar-refractivity contribution in [3.8, 4) is 11.5 Å². The van der Waals surface area contributed by atoms with Gasteiger partial charge in [0.15, 0.2) is 11.5 Å². The Morgan fingerprint density at radius 2 is 1.91 bits per heavy atom. The highest BCUT2D eigenvalue weighted by Crippen LogP contribution is 2.36. The molecule has 22 heavy (non-hydrogen) atoms. The molecule has 0 radical (unpaired) electrons. The lowest BCUT2D eigenvalue weighted by molar-refractivity contribution is -0.0275. The zero-order valence-corrected chi connectivity index (χ0v) is 11.8. The lowest BCUT2D eigenvalue weighted by Crippen LogP contribution is -2.24. The molecule has 2 N–H and O–H groups in total. The SMILES string of the molecule is OC[C@H]1O[C@@H](c2ccc(-c3cc4ccccc4o3)o2)C[C@@H]1O. The van der Waals surface area contributed by atoms with Gasteiger partial charge in [0.25, 0.3) is 0 Å². The van der Waals surface area contributed by atoms with Gasteiger partial charge in [-0.2, -0.15) is 0 Å². The highest BCUT2D eigenvalue weighted by Gasteiger charge is 2.36. The molecule has 114 valence electrons. The number of ether oxygens (including phenoxy) is 1. The van der Waals surface area contributed by atoms with Crippen LogP contribution in [0.5, 0.6) is 0 Å². The average Bonchev–Trinajstić information content (AvgIpc) is 3.23. The largest absolute Gasteiger partial charge is 0.455 e. The monoisotopic (exact) mass is 300 g/mol. The van der Waals surface area contributed by atoms with E-state index in [9.17, 15) is 5.11 Å². The molecule has 3 aromatic rings. The first-order chi connectivity index (χ1) is 10.7. The topological polar surface area (TPSA) is 76.0 Å². The van der Waals surface area contributed by atoms with E-state index in [4.69, 9.17) is 18.7 Å². The minimum atomic E-state index is -0.672. The molecule has 3 heterocycles. The van der Waals surface area contributed by atoms with Crippen molar-refractivity contribution in [3.05, 3.63) is 48.2 Å². The number of rotatable bonds is 3. The Morgan fingerprint density at radius 3 is 2.68 bits per heavy atom. The quantitative estimate of drug-likeness (QED) is 0.778. The number of aliphatic hydroxyl groups is 2. The second kappa shape index (κ2) is 5.28. The summed E-state index contributed by atoms with van der Waals surface area (Å²) < 4.78 is 17.2. The van der Waals surface area contributed by atoms with Crippen LogP contribution in [-0.2, 0) is 4.74 Å². The van der Waals surface area contributed by atoms with E-state index in [2.05, 4.69) is 0 Å². The van der Waals surface area contributed by atoms with Crippen molar-refractivity contribution in [1.82, 2.24) is 0 Å². The normalized spacial score (nSPS) is 25.1. The summed E-state index contributed by atoms with van der Waals surface area (Å²) in [5.74, 6) is 1.91. The second-order valence-corrected chi connectivity index (χ2v) is 5.50. The van der Waals surface area contributed by atoms with Crippen molar-refractivity contribution in [1.29, 1.82) is 0 Å². The van der Waals surface area contributed by atoms with Crippen LogP contribution in [0.2, 0.25) is 0 Å². The van der Waals surface area contributed by atoms with Gasteiger partial charge in [0, 0.05) is 11.8 Å². The van der Waals surface area contributed by atoms with E-state index < -0.39 is 12.2 Å². The molecule has 0 unspecified atom stereocenters. The van der Waals surface area contributed by atoms with E-state index in [1.54, 1.807) is 0 Å². The van der Waals surface area contributed by atoms with E-state index in [0.29, 0.717) is 23.7 Å². The molecule has 0 amide bonds. The van der Waals surface area contributed by atoms with Gasteiger partial charge >= 0.3 is 0 Å². The van der Waals surface area contributed by atoms with Crippen LogP contribution in [0.4, 0.5) is 0 Å². The molecule has 1 aliphatic heterocycles. The van der Waals surface area contributed by atoms with Crippen molar-refractivity contribution in [2.24, 2.45) is 0 Å². The first-order valence-electron chi connectivity index (χ1n) is 7.27. The minimum Gasteiger partial charge on any atom is -0.455 e. The smallest absolute Gasteiger partial charge is 0.170 e. The fourth-order valence-corrected chi connectivity index (χ4v) is 2.84. The molecule has 4 rings (SSSR count). The first-order valence-corrected chi connectivity index (χ1v) is 7.27. The summed E-state index contributed by atoms with van der Waals surface area (Å²) in [6.07, 6.45) is -1.15. The van der Waals surface area contributed by atoms with E-state index >= 15 is 0 Å². The fourth-order valence-electron chi connectivity index (χ4n) is 2.84. The molecule has 2 aromatic heterocycles. The van der Waals surface area contributed by atoms with Crippen LogP contribution in [0.3, 0.4) is 0 Å². The summed E-state index contributed by atoms with van der Waals surface area (Å²) in [6.45, 7) is -0.200. The molecule has 3 atom stereocenters. The van der Waals surface area contributed by atoms with Crippen LogP contribution in [0.25, 0.3) is 22.5 Å². The average molecular weight is 300 g/mol. The summed E-state index contributed by atoms with van der Waals surface area (Å²) >= 11 is 0. The Kier molecular flexibility index (Phi) is 3.26. The van der Waals surface area contributed by atoms with E-state index in [1.165, 1.54) is 0 Å². The maximum Gasteiger partial charge on any atom is 0.170 e. The van der Waals surface area contributed by atoms with Gasteiger partial charge in [-0.15, -0.1) is 0 Å². The molecule has 1 fully saturated rings. The van der Waals surface area contributed by atoms with Gasteiger partial charge in [0.2, 0.25) is 0 Å². The first kappa shape index (κ1) is 13.6. The van der Waals surface area contributed by atoms with Crippen molar-refractivity contribution in [2.75, 3.05) is 6.61 Å². The van der Waals surface area contributed by atoms with Gasteiger partial charge in [-0.05, 0) is 24.3 Å². The number of hydrogen-bond donors (Lipinski definition) is 2. The van der Waals surface area contributed by atoms with Gasteiger partial charge in [0.05, 0.1) is 12.7 Å². The third-order valence-corrected chi connectivity index (χ3v) is 4.02. The number of aliphatic hydroxyl groups excluding tert-OH is 2. The van der Waals surface area contributed by atoms with Crippen molar-refractivity contribution in [2.45, 2.75) is 24.7 Å². The van der Waals surface area contributed by atoms with Gasteiger partial charge in [-0.3, -0.25) is 0 Å². The van der Waals surface area contributed by atoms with E-state index in [-0.39, 0.29) is 12.7 Å². The minimum absolute atomic E-state index is 0.200. The summed E-state index contributed by atoms with van der Waals surface area (Å²) in [4.78, 5) is 0. The molecular formula is C17H16O5. The van der Waals surface area contributed by atoms with Gasteiger partial charge in [0.1, 0.15) is 23.6 Å². The van der Waals surface area contributed by atoms with Gasteiger partial charge < -0.3 is 23.8 Å². The molecule has 0 saturated carbocycles. The van der Waals surface area contributed by atoms with Crippen molar-refractivity contribution >= 4 is 11.0 Å². The maximum atomic E-state index is 9.79. The van der Waals surface area contributed by atoms with Crippen LogP contribution in [0.15, 0.2) is 51.3 Å². The zero-order chi connectivity index (χ0) is 15.1. The molecular weight excluding hydrogens is 284 g/mol. The Balaban J connectivity index is 1.61. The Bertz CT molecular complexity index is 754. The van der Waals surface area contributed by atoms with Crippen molar-refractivity contribution in [3.63, 3.8) is 0 Å². The fraction of sp³-hybridized carbons (Fsp3) is 0.294. The third-order valence-electron chi connectivity index (χ3n) is 4.02. The Morgan fingerprint density at radius 1 is 1.05 bits per heavy atom. The maximum absolute atomic E-state index is 9.79. The molecule has 1 saturated heterocycles. The highest BCUT2D eigenvalue weighted by molar-refractivity contribution is 5.81. The van der Waals surface area contributed by atoms with Gasteiger partial charge in [-0.1, -0.05) is 18.2 Å². The molecule has 5 heteroatoms. The van der Waals surface area contributed by atoms with E-state index in [1.807, 2.05) is 42.5 Å². The third kappa shape index (κ3) is 2.23. The number of benzene rings is 1. The van der Waals surface area contributed by atoms with E-state index in [0.717, 1.165) is 11.0 Å². The molecule has 0 bridgehead atoms. The van der Waals surface area contributed by atoms with Crippen LogP contribution < -0.4 is 0 Å². The van der Waals surface area contributed by atoms with Crippen LogP contribution in [0.1, 0.15) is 18.3 Å². The number of hydrogen-bond acceptors (Lipinski definition) is 5. The lowest BCUT2D eigenvalue weighted by atomic mass is 10.1. The summed E-state index contributed by atoms with van der Waals surface area (Å²) in [5, 5.41) is 19.9. The standard InChI is InChI=1S/C17H16O5/c18-9-17-11(19)8-16(22-17)14-6-5-13(21-14)15-7-10-3-1-2-4-12(10)20-15/h1-7,11,16-19H,8-9H2/t11-,16+,17+/m0/s1. The van der Waals surface area contributed by atoms with Crippen LogP contribution >= 0.6 is 0 Å². The molecule has 1 aromatic carbocycles. The van der Waals surface area contributed by atoms with Crippen LogP contribution in [-0.4, -0.2) is 29.0 Å². The number of furan rings is 2. The Labute approximate surface area is 126 Å². The molecule has 0 spiro atoms. The summed E-state index contributed by atoms with van der Waals surface area (Å²) in [6, 6.07) is 13.3. The lowest BCUT2D eigenvalue weighted by Gasteiger charge is -2.10. The predicted octanol–water partition coefficient (Wildman–Crippen LogP) is 2.88. The second-order valence-electron chi connectivity index (χ2n) is 5.50. The summed E-state index contributed by atoms with van der Waals surface area (Å²) in [5.41, 5.74) is 0.809. The Hall–Kier alpha value is -2.08.